The molecule has 0 rings (SSSR count). The van der Waals surface area contributed by atoms with E-state index in [4.69, 9.17) is 0 Å². The topological polar surface area (TPSA) is 24.7 Å². The van der Waals surface area contributed by atoms with Crippen molar-refractivity contribution in [3.8, 4) is 0 Å². The van der Waals surface area contributed by atoms with Crippen LogP contribution >= 0.6 is 0 Å². The summed E-state index contributed by atoms with van der Waals surface area (Å²) in [5, 5.41) is 7.48. The number of allylic oxidation sites excluding steroid dienone is 2. The summed E-state index contributed by atoms with van der Waals surface area (Å²) in [5.41, 5.74) is 1.05. The minimum Gasteiger partial charge on any atom is -0.192 e. The number of azo groups is 1. The molecule has 0 aromatic carbocycles. The lowest BCUT2D eigenvalue weighted by Crippen LogP contribution is -1.69. The average molecular weight is 112 g/mol. The molecule has 0 aliphatic heterocycles. The van der Waals surface area contributed by atoms with Gasteiger partial charge in [-0.25, -0.2) is 0 Å². The van der Waals surface area contributed by atoms with E-state index < -0.39 is 0 Å². The molecular formula is C6H12N2. The third-order valence-electron chi connectivity index (χ3n) is 0.924. The van der Waals surface area contributed by atoms with Crippen molar-refractivity contribution in [2.75, 3.05) is 7.05 Å². The third kappa shape index (κ3) is 2.50. The molecule has 0 saturated carbocycles. The van der Waals surface area contributed by atoms with Crippen LogP contribution in [0.5, 0.6) is 0 Å². The van der Waals surface area contributed by atoms with Gasteiger partial charge in [0.15, 0.2) is 0 Å². The van der Waals surface area contributed by atoms with Crippen LogP contribution in [0.2, 0.25) is 0 Å². The zero-order chi connectivity index (χ0) is 6.41. The first-order valence-corrected chi connectivity index (χ1v) is 2.80. The maximum Gasteiger partial charge on any atom is 0.0580 e. The molecule has 0 saturated heterocycles. The van der Waals surface area contributed by atoms with E-state index in [0.29, 0.717) is 0 Å². The monoisotopic (exact) mass is 112 g/mol. The van der Waals surface area contributed by atoms with E-state index in [2.05, 4.69) is 17.2 Å². The van der Waals surface area contributed by atoms with Crippen molar-refractivity contribution in [1.29, 1.82) is 0 Å². The van der Waals surface area contributed by atoms with Crippen LogP contribution in [-0.4, -0.2) is 7.05 Å². The maximum atomic E-state index is 3.85. The Hall–Kier alpha value is -0.660. The SMILES string of the molecule is C/C=C(\CC)N=NC. The molecule has 0 amide bonds. The minimum atomic E-state index is 0.966. The summed E-state index contributed by atoms with van der Waals surface area (Å²) in [6.45, 7) is 4.03. The van der Waals surface area contributed by atoms with Crippen molar-refractivity contribution in [3.63, 3.8) is 0 Å². The highest BCUT2D eigenvalue weighted by molar-refractivity contribution is 4.94. The van der Waals surface area contributed by atoms with Gasteiger partial charge in [0.2, 0.25) is 0 Å². The fourth-order valence-electron chi connectivity index (χ4n) is 0.461. The summed E-state index contributed by atoms with van der Waals surface area (Å²) >= 11 is 0. The molecule has 0 heterocycles. The van der Waals surface area contributed by atoms with Crippen LogP contribution in [0.4, 0.5) is 0 Å². The molecule has 0 unspecified atom stereocenters. The average Bonchev–Trinajstić information content (AvgIpc) is 1.83. The largest absolute Gasteiger partial charge is 0.192 e. The minimum absolute atomic E-state index is 0.966. The highest BCUT2D eigenvalue weighted by atomic mass is 15.1. The molecule has 0 aromatic heterocycles. The molecular weight excluding hydrogens is 100 g/mol. The standard InChI is InChI=1S/C6H12N2/c1-4-6(5-2)8-7-3/h4H,5H2,1-3H3/b6-4+,8-7?. The van der Waals surface area contributed by atoms with Crippen LogP contribution in [0.1, 0.15) is 20.3 Å². The fourth-order valence-corrected chi connectivity index (χ4v) is 0.461. The second-order valence-corrected chi connectivity index (χ2v) is 1.43. The molecule has 46 valence electrons. The molecule has 0 atom stereocenters. The van der Waals surface area contributed by atoms with Gasteiger partial charge in [0.05, 0.1) is 5.70 Å². The van der Waals surface area contributed by atoms with E-state index in [9.17, 15) is 0 Å². The van der Waals surface area contributed by atoms with Gasteiger partial charge in [0.25, 0.3) is 0 Å². The lowest BCUT2D eigenvalue weighted by Gasteiger charge is -1.88. The lowest BCUT2D eigenvalue weighted by molar-refractivity contribution is 0.977. The smallest absolute Gasteiger partial charge is 0.0580 e. The highest BCUT2D eigenvalue weighted by Gasteiger charge is 1.82. The summed E-state index contributed by atoms with van der Waals surface area (Å²) in [6.07, 6.45) is 2.93. The molecule has 2 heteroatoms. The Balaban J connectivity index is 3.72. The van der Waals surface area contributed by atoms with Crippen molar-refractivity contribution in [1.82, 2.24) is 0 Å². The normalized spacial score (nSPS) is 13.1. The van der Waals surface area contributed by atoms with Crippen LogP contribution in [0, 0.1) is 0 Å². The summed E-state index contributed by atoms with van der Waals surface area (Å²) in [7, 11) is 1.68. The summed E-state index contributed by atoms with van der Waals surface area (Å²) < 4.78 is 0. The van der Waals surface area contributed by atoms with E-state index in [-0.39, 0.29) is 0 Å². The zero-order valence-electron chi connectivity index (χ0n) is 5.68. The van der Waals surface area contributed by atoms with E-state index in [1.807, 2.05) is 13.0 Å². The van der Waals surface area contributed by atoms with Crippen molar-refractivity contribution in [2.24, 2.45) is 10.2 Å². The Morgan fingerprint density at radius 2 is 2.25 bits per heavy atom. The van der Waals surface area contributed by atoms with Crippen molar-refractivity contribution in [2.45, 2.75) is 20.3 Å². The number of nitrogens with zero attached hydrogens (tertiary/aromatic N) is 2. The molecule has 0 radical (unpaired) electrons. The number of rotatable bonds is 2. The zero-order valence-corrected chi connectivity index (χ0v) is 5.68. The van der Waals surface area contributed by atoms with Gasteiger partial charge < -0.3 is 0 Å². The highest BCUT2D eigenvalue weighted by Crippen LogP contribution is 2.00. The molecule has 0 aromatic rings. The predicted molar refractivity (Wildman–Crippen MR) is 34.8 cm³/mol. The molecule has 2 nitrogen and oxygen atoms in total. The number of hydrogen-bond acceptors (Lipinski definition) is 2. The second kappa shape index (κ2) is 4.50. The summed E-state index contributed by atoms with van der Waals surface area (Å²) in [4.78, 5) is 0. The second-order valence-electron chi connectivity index (χ2n) is 1.43. The third-order valence-corrected chi connectivity index (χ3v) is 0.924. The van der Waals surface area contributed by atoms with Gasteiger partial charge in [-0.2, -0.15) is 10.2 Å². The van der Waals surface area contributed by atoms with Gasteiger partial charge in [-0.1, -0.05) is 13.0 Å². The molecule has 0 aliphatic carbocycles. The van der Waals surface area contributed by atoms with Crippen LogP contribution < -0.4 is 0 Å². The van der Waals surface area contributed by atoms with Gasteiger partial charge in [0, 0.05) is 7.05 Å². The molecule has 0 bridgehead atoms. The van der Waals surface area contributed by atoms with Crippen LogP contribution in [0.15, 0.2) is 22.0 Å². The van der Waals surface area contributed by atoms with Crippen molar-refractivity contribution in [3.05, 3.63) is 11.8 Å². The summed E-state index contributed by atoms with van der Waals surface area (Å²) in [6, 6.07) is 0. The van der Waals surface area contributed by atoms with Crippen molar-refractivity contribution < 1.29 is 0 Å². The van der Waals surface area contributed by atoms with Gasteiger partial charge in [0.1, 0.15) is 0 Å². The Morgan fingerprint density at radius 3 is 2.38 bits per heavy atom. The first kappa shape index (κ1) is 7.34. The van der Waals surface area contributed by atoms with Gasteiger partial charge >= 0.3 is 0 Å². The number of hydrogen-bond donors (Lipinski definition) is 0. The van der Waals surface area contributed by atoms with Crippen LogP contribution in [-0.2, 0) is 0 Å². The van der Waals surface area contributed by atoms with E-state index in [1.54, 1.807) is 7.05 Å². The van der Waals surface area contributed by atoms with Crippen molar-refractivity contribution >= 4 is 0 Å². The van der Waals surface area contributed by atoms with E-state index >= 15 is 0 Å². The predicted octanol–water partition coefficient (Wildman–Crippen LogP) is 2.38. The maximum absolute atomic E-state index is 3.85. The molecule has 0 N–H and O–H groups in total. The Bertz CT molecular complexity index is 100. The molecule has 0 aliphatic rings. The lowest BCUT2D eigenvalue weighted by atomic mass is 10.3. The Labute approximate surface area is 50.3 Å². The van der Waals surface area contributed by atoms with Gasteiger partial charge in [-0.3, -0.25) is 0 Å². The van der Waals surface area contributed by atoms with Crippen LogP contribution in [0.25, 0.3) is 0 Å². The van der Waals surface area contributed by atoms with E-state index in [1.165, 1.54) is 0 Å². The first-order chi connectivity index (χ1) is 3.85. The molecule has 0 fully saturated rings. The van der Waals surface area contributed by atoms with E-state index in [0.717, 1.165) is 12.1 Å². The Kier molecular flexibility index (Phi) is 4.13. The quantitative estimate of drug-likeness (QED) is 0.490. The van der Waals surface area contributed by atoms with Gasteiger partial charge in [-0.05, 0) is 13.3 Å². The summed E-state index contributed by atoms with van der Waals surface area (Å²) in [5.74, 6) is 0. The van der Waals surface area contributed by atoms with Gasteiger partial charge in [-0.15, -0.1) is 0 Å². The first-order valence-electron chi connectivity index (χ1n) is 2.80. The molecule has 8 heavy (non-hydrogen) atoms. The fraction of sp³-hybridized carbons (Fsp3) is 0.667. The van der Waals surface area contributed by atoms with Crippen LogP contribution in [0.3, 0.4) is 0 Å². The Morgan fingerprint density at radius 1 is 1.62 bits per heavy atom. The molecule has 0 spiro atoms.